The van der Waals surface area contributed by atoms with E-state index in [1.165, 1.54) is 22.3 Å². The number of carboxylic acids is 1. The first-order valence-corrected chi connectivity index (χ1v) is 18.6. The van der Waals surface area contributed by atoms with Gasteiger partial charge in [-0.2, -0.15) is 0 Å². The van der Waals surface area contributed by atoms with Crippen molar-refractivity contribution in [1.29, 1.82) is 0 Å². The molecule has 274 valence electrons. The number of carboxylic acid groups (broad SMARTS) is 1. The van der Waals surface area contributed by atoms with Crippen LogP contribution in [0.15, 0.2) is 91.3 Å². The molecule has 3 aromatic carbocycles. The predicted octanol–water partition coefficient (Wildman–Crippen LogP) is 8.04. The van der Waals surface area contributed by atoms with Crippen molar-refractivity contribution in [3.05, 3.63) is 112 Å². The molecule has 0 spiro atoms. The standard InChI is InChI=1S/C42H43FN4O5S/c1-5-6-19-52-32-14-11-27(12-15-32)29-13-16-33(34(43)21-29)30-22-44-38(45-23-30)28-9-7-26(8-10-28)20-35(40(49)47-24-31(25-47)41(50)51)46-39(48)36-17-18-37(53-36)42(2,3)4/h7-18,21-23,31,35H,5-6,19-20,24-25H2,1-4H3,(H,46,48)(H,50,51)/t35-/m0/s1. The van der Waals surface area contributed by atoms with E-state index in [4.69, 9.17) is 4.74 Å². The van der Waals surface area contributed by atoms with E-state index in [1.54, 1.807) is 24.5 Å². The van der Waals surface area contributed by atoms with Crippen LogP contribution in [0.2, 0.25) is 0 Å². The van der Waals surface area contributed by atoms with E-state index in [2.05, 4.69) is 43.0 Å². The Balaban J connectivity index is 1.12. The highest BCUT2D eigenvalue weighted by atomic mass is 32.1. The molecule has 1 saturated heterocycles. The van der Waals surface area contributed by atoms with Gasteiger partial charge in [-0.1, -0.05) is 82.6 Å². The monoisotopic (exact) mass is 734 g/mol. The average Bonchev–Trinajstić information content (AvgIpc) is 3.63. The minimum atomic E-state index is -0.942. The van der Waals surface area contributed by atoms with Gasteiger partial charge in [0.15, 0.2) is 5.82 Å². The number of aromatic nitrogens is 2. The number of hydrogen-bond acceptors (Lipinski definition) is 7. The molecule has 6 rings (SSSR count). The van der Waals surface area contributed by atoms with E-state index in [1.807, 2.05) is 60.7 Å². The molecule has 0 aliphatic carbocycles. The number of unbranched alkanes of at least 4 members (excludes halogenated alkanes) is 1. The number of carbonyl (C=O) groups is 3. The number of nitrogens with one attached hydrogen (secondary N) is 1. The fourth-order valence-electron chi connectivity index (χ4n) is 5.98. The number of benzene rings is 3. The maximum Gasteiger partial charge on any atom is 0.310 e. The maximum atomic E-state index is 15.3. The normalized spacial score (nSPS) is 13.6. The summed E-state index contributed by atoms with van der Waals surface area (Å²) in [7, 11) is 0. The molecule has 2 N–H and O–H groups in total. The molecule has 0 saturated carbocycles. The van der Waals surface area contributed by atoms with Crippen molar-refractivity contribution < 1.29 is 28.6 Å². The third-order valence-corrected chi connectivity index (χ3v) is 10.8. The Hall–Kier alpha value is -5.42. The summed E-state index contributed by atoms with van der Waals surface area (Å²) < 4.78 is 21.1. The summed E-state index contributed by atoms with van der Waals surface area (Å²) in [4.78, 5) is 50.2. The number of amides is 2. The van der Waals surface area contributed by atoms with Gasteiger partial charge in [0.1, 0.15) is 17.6 Å². The van der Waals surface area contributed by atoms with E-state index in [0.717, 1.165) is 45.7 Å². The highest BCUT2D eigenvalue weighted by Crippen LogP contribution is 2.31. The summed E-state index contributed by atoms with van der Waals surface area (Å²) in [5.74, 6) is -1.36. The van der Waals surface area contributed by atoms with Crippen LogP contribution in [0.4, 0.5) is 4.39 Å². The SMILES string of the molecule is CCCCOc1ccc(-c2ccc(-c3cnc(-c4ccc(C[C@H](NC(=O)c5ccc(C(C)(C)C)s5)C(=O)N5CC(C(=O)O)C5)cc4)nc3)c(F)c2)cc1. The second-order valence-electron chi connectivity index (χ2n) is 14.3. The van der Waals surface area contributed by atoms with Crippen LogP contribution in [0.5, 0.6) is 5.75 Å². The van der Waals surface area contributed by atoms with Crippen LogP contribution in [0.3, 0.4) is 0 Å². The zero-order valence-electron chi connectivity index (χ0n) is 30.3. The van der Waals surface area contributed by atoms with Crippen molar-refractivity contribution in [2.45, 2.75) is 58.4 Å². The average molecular weight is 735 g/mol. The molecule has 1 aliphatic heterocycles. The molecule has 11 heteroatoms. The molecule has 5 aromatic rings. The zero-order chi connectivity index (χ0) is 37.7. The van der Waals surface area contributed by atoms with Gasteiger partial charge in [-0.05, 0) is 58.9 Å². The second kappa shape index (κ2) is 16.1. The van der Waals surface area contributed by atoms with Gasteiger partial charge in [0, 0.05) is 53.5 Å². The van der Waals surface area contributed by atoms with Crippen molar-refractivity contribution >= 4 is 29.1 Å². The summed E-state index contributed by atoms with van der Waals surface area (Å²) in [6, 6.07) is 22.9. The lowest BCUT2D eigenvalue weighted by Gasteiger charge is -2.38. The summed E-state index contributed by atoms with van der Waals surface area (Å²) >= 11 is 1.39. The highest BCUT2D eigenvalue weighted by Gasteiger charge is 2.39. The Morgan fingerprint density at radius 1 is 0.925 bits per heavy atom. The van der Waals surface area contributed by atoms with E-state index in [0.29, 0.717) is 28.4 Å². The zero-order valence-corrected chi connectivity index (χ0v) is 31.1. The van der Waals surface area contributed by atoms with Gasteiger partial charge in [-0.15, -0.1) is 11.3 Å². The topological polar surface area (TPSA) is 122 Å². The first kappa shape index (κ1) is 37.3. The quantitative estimate of drug-likeness (QED) is 0.118. The Morgan fingerprint density at radius 2 is 1.58 bits per heavy atom. The summed E-state index contributed by atoms with van der Waals surface area (Å²) in [6.45, 7) is 9.22. The number of halogens is 1. The molecule has 53 heavy (non-hydrogen) atoms. The van der Waals surface area contributed by atoms with Gasteiger partial charge in [0.2, 0.25) is 5.91 Å². The smallest absolute Gasteiger partial charge is 0.310 e. The lowest BCUT2D eigenvalue weighted by atomic mass is 9.95. The minimum Gasteiger partial charge on any atom is -0.494 e. The largest absolute Gasteiger partial charge is 0.494 e. The number of ether oxygens (including phenoxy) is 1. The van der Waals surface area contributed by atoms with E-state index >= 15 is 4.39 Å². The number of carbonyl (C=O) groups excluding carboxylic acids is 2. The Labute approximate surface area is 312 Å². The van der Waals surface area contributed by atoms with Gasteiger partial charge in [-0.3, -0.25) is 14.4 Å². The first-order valence-electron chi connectivity index (χ1n) is 17.8. The van der Waals surface area contributed by atoms with Gasteiger partial charge in [0.05, 0.1) is 17.4 Å². The van der Waals surface area contributed by atoms with Crippen LogP contribution >= 0.6 is 11.3 Å². The van der Waals surface area contributed by atoms with Crippen LogP contribution in [-0.4, -0.2) is 63.5 Å². The van der Waals surface area contributed by atoms with Crippen LogP contribution in [0, 0.1) is 11.7 Å². The fourth-order valence-corrected chi connectivity index (χ4v) is 6.94. The number of hydrogen-bond donors (Lipinski definition) is 2. The number of thiophene rings is 1. The van der Waals surface area contributed by atoms with Crippen LogP contribution in [0.1, 0.15) is 60.6 Å². The molecule has 0 radical (unpaired) electrons. The predicted molar refractivity (Wildman–Crippen MR) is 204 cm³/mol. The Morgan fingerprint density at radius 3 is 2.19 bits per heavy atom. The molecule has 0 bridgehead atoms. The van der Waals surface area contributed by atoms with Gasteiger partial charge in [-0.25, -0.2) is 14.4 Å². The molecule has 2 aromatic heterocycles. The number of likely N-dealkylation sites (tertiary alicyclic amines) is 1. The van der Waals surface area contributed by atoms with E-state index < -0.39 is 17.9 Å². The van der Waals surface area contributed by atoms with Crippen molar-refractivity contribution in [3.63, 3.8) is 0 Å². The molecule has 3 heterocycles. The molecule has 2 amide bonds. The van der Waals surface area contributed by atoms with Crippen LogP contribution in [-0.2, 0) is 21.4 Å². The van der Waals surface area contributed by atoms with Crippen LogP contribution < -0.4 is 10.1 Å². The van der Waals surface area contributed by atoms with Gasteiger partial charge >= 0.3 is 5.97 Å². The number of rotatable bonds is 13. The molecular formula is C42H43FN4O5S. The lowest BCUT2D eigenvalue weighted by molar-refractivity contribution is -0.153. The minimum absolute atomic E-state index is 0.108. The fraction of sp³-hybridized carbons (Fsp3) is 0.310. The molecule has 1 atom stereocenters. The Kier molecular flexibility index (Phi) is 11.3. The maximum absolute atomic E-state index is 15.3. The first-order chi connectivity index (χ1) is 25.4. The second-order valence-corrected chi connectivity index (χ2v) is 15.4. The van der Waals surface area contributed by atoms with Gasteiger partial charge in [0.25, 0.3) is 5.91 Å². The Bertz CT molecular complexity index is 2070. The van der Waals surface area contributed by atoms with Crippen molar-refractivity contribution in [2.75, 3.05) is 19.7 Å². The molecular weight excluding hydrogens is 692 g/mol. The molecule has 9 nitrogen and oxygen atoms in total. The summed E-state index contributed by atoms with van der Waals surface area (Å²) in [5.41, 5.74) is 3.98. The summed E-state index contributed by atoms with van der Waals surface area (Å²) in [5, 5.41) is 12.2. The van der Waals surface area contributed by atoms with E-state index in [-0.39, 0.29) is 42.6 Å². The lowest BCUT2D eigenvalue weighted by Crippen LogP contribution is -2.59. The van der Waals surface area contributed by atoms with Crippen molar-refractivity contribution in [2.24, 2.45) is 5.92 Å². The van der Waals surface area contributed by atoms with Crippen LogP contribution in [0.25, 0.3) is 33.6 Å². The summed E-state index contributed by atoms with van der Waals surface area (Å²) in [6.07, 6.45) is 5.45. The number of aliphatic carboxylic acids is 1. The third kappa shape index (κ3) is 8.97. The molecule has 1 aliphatic rings. The van der Waals surface area contributed by atoms with Crippen molar-refractivity contribution in [3.8, 4) is 39.4 Å². The van der Waals surface area contributed by atoms with E-state index in [9.17, 15) is 19.5 Å². The molecule has 0 unspecified atom stereocenters. The number of nitrogens with zero attached hydrogens (tertiary/aromatic N) is 3. The molecule has 1 fully saturated rings. The van der Waals surface area contributed by atoms with Crippen molar-refractivity contribution in [1.82, 2.24) is 20.2 Å². The highest BCUT2D eigenvalue weighted by molar-refractivity contribution is 7.14. The third-order valence-electron chi connectivity index (χ3n) is 9.25. The van der Waals surface area contributed by atoms with Gasteiger partial charge < -0.3 is 20.1 Å².